The van der Waals surface area contributed by atoms with Gasteiger partial charge in [0.15, 0.2) is 0 Å². The summed E-state index contributed by atoms with van der Waals surface area (Å²) in [4.78, 5) is 0.323. The number of hydrogen-bond acceptors (Lipinski definition) is 3. The second-order valence-electron chi connectivity index (χ2n) is 4.28. The maximum absolute atomic E-state index is 5.81. The third-order valence-corrected chi connectivity index (χ3v) is 2.90. The lowest BCUT2D eigenvalue weighted by Crippen LogP contribution is -2.10. The minimum Gasteiger partial charge on any atom is -0.494 e. The summed E-state index contributed by atoms with van der Waals surface area (Å²) in [6, 6.07) is 14.9. The first kappa shape index (κ1) is 14.3. The molecular formula is C16H17NO2S. The highest BCUT2D eigenvalue weighted by Gasteiger charge is 2.06. The molecule has 104 valence electrons. The SMILES string of the molecule is CCCOc1ccc(Oc2ccccc2C(N)=S)cc1. The Hall–Kier alpha value is -2.07. The van der Waals surface area contributed by atoms with Crippen molar-refractivity contribution in [3.8, 4) is 17.2 Å². The Morgan fingerprint density at radius 1 is 1.05 bits per heavy atom. The summed E-state index contributed by atoms with van der Waals surface area (Å²) < 4.78 is 11.3. The number of ether oxygens (including phenoxy) is 2. The van der Waals surface area contributed by atoms with Gasteiger partial charge in [0.05, 0.1) is 12.2 Å². The van der Waals surface area contributed by atoms with Crippen LogP contribution < -0.4 is 15.2 Å². The molecule has 0 spiro atoms. The molecule has 0 saturated heterocycles. The Balaban J connectivity index is 2.12. The largest absolute Gasteiger partial charge is 0.494 e. The van der Waals surface area contributed by atoms with Gasteiger partial charge in [0.1, 0.15) is 22.2 Å². The van der Waals surface area contributed by atoms with E-state index in [9.17, 15) is 0 Å². The average molecular weight is 287 g/mol. The molecule has 0 heterocycles. The van der Waals surface area contributed by atoms with Crippen LogP contribution in [0.5, 0.6) is 17.2 Å². The monoisotopic (exact) mass is 287 g/mol. The Bertz CT molecular complexity index is 581. The van der Waals surface area contributed by atoms with Crippen LogP contribution in [-0.4, -0.2) is 11.6 Å². The number of nitrogens with two attached hydrogens (primary N) is 1. The Morgan fingerprint density at radius 2 is 1.70 bits per heavy atom. The predicted molar refractivity (Wildman–Crippen MR) is 84.6 cm³/mol. The molecule has 2 aromatic rings. The van der Waals surface area contributed by atoms with Gasteiger partial charge in [-0.2, -0.15) is 0 Å². The van der Waals surface area contributed by atoms with Crippen LogP contribution in [0.2, 0.25) is 0 Å². The molecule has 0 atom stereocenters. The van der Waals surface area contributed by atoms with Gasteiger partial charge in [-0.05, 0) is 42.8 Å². The van der Waals surface area contributed by atoms with Crippen molar-refractivity contribution in [2.75, 3.05) is 6.61 Å². The molecule has 20 heavy (non-hydrogen) atoms. The highest BCUT2D eigenvalue weighted by atomic mass is 32.1. The van der Waals surface area contributed by atoms with Crippen LogP contribution in [-0.2, 0) is 0 Å². The molecule has 2 N–H and O–H groups in total. The molecule has 3 nitrogen and oxygen atoms in total. The summed E-state index contributed by atoms with van der Waals surface area (Å²) in [5.41, 5.74) is 6.41. The molecular weight excluding hydrogens is 270 g/mol. The minimum atomic E-state index is 0.323. The Kier molecular flexibility index (Phi) is 4.96. The maximum atomic E-state index is 5.81. The van der Waals surface area contributed by atoms with E-state index in [0.717, 1.165) is 23.5 Å². The lowest BCUT2D eigenvalue weighted by Gasteiger charge is -2.11. The van der Waals surface area contributed by atoms with E-state index in [1.54, 1.807) is 0 Å². The minimum absolute atomic E-state index is 0.323. The van der Waals surface area contributed by atoms with Crippen LogP contribution in [0.3, 0.4) is 0 Å². The molecule has 0 unspecified atom stereocenters. The topological polar surface area (TPSA) is 44.5 Å². The van der Waals surface area contributed by atoms with Crippen LogP contribution in [0, 0.1) is 0 Å². The average Bonchev–Trinajstić information content (AvgIpc) is 2.47. The summed E-state index contributed by atoms with van der Waals surface area (Å²) in [5, 5.41) is 0. The van der Waals surface area contributed by atoms with Crippen molar-refractivity contribution in [2.45, 2.75) is 13.3 Å². The first-order valence-corrected chi connectivity index (χ1v) is 6.91. The predicted octanol–water partition coefficient (Wildman–Crippen LogP) is 3.90. The van der Waals surface area contributed by atoms with Gasteiger partial charge in [0.2, 0.25) is 0 Å². The molecule has 2 aromatic carbocycles. The molecule has 0 bridgehead atoms. The van der Waals surface area contributed by atoms with Crippen LogP contribution >= 0.6 is 12.2 Å². The van der Waals surface area contributed by atoms with E-state index >= 15 is 0 Å². The van der Waals surface area contributed by atoms with E-state index in [1.165, 1.54) is 0 Å². The first-order valence-electron chi connectivity index (χ1n) is 6.50. The van der Waals surface area contributed by atoms with E-state index in [2.05, 4.69) is 6.92 Å². The van der Waals surface area contributed by atoms with Crippen molar-refractivity contribution >= 4 is 17.2 Å². The van der Waals surface area contributed by atoms with Gasteiger partial charge in [0.25, 0.3) is 0 Å². The summed E-state index contributed by atoms with van der Waals surface area (Å²) in [6.07, 6.45) is 0.986. The van der Waals surface area contributed by atoms with Crippen LogP contribution in [0.25, 0.3) is 0 Å². The van der Waals surface area contributed by atoms with Crippen molar-refractivity contribution in [2.24, 2.45) is 5.73 Å². The van der Waals surface area contributed by atoms with Crippen molar-refractivity contribution in [3.63, 3.8) is 0 Å². The number of benzene rings is 2. The van der Waals surface area contributed by atoms with Gasteiger partial charge < -0.3 is 15.2 Å². The molecule has 0 amide bonds. The molecule has 4 heteroatoms. The molecule has 0 aliphatic carbocycles. The lowest BCUT2D eigenvalue weighted by atomic mass is 10.2. The van der Waals surface area contributed by atoms with Gasteiger partial charge >= 0.3 is 0 Å². The molecule has 0 fully saturated rings. The molecule has 0 radical (unpaired) electrons. The highest BCUT2D eigenvalue weighted by molar-refractivity contribution is 7.80. The van der Waals surface area contributed by atoms with E-state index < -0.39 is 0 Å². The van der Waals surface area contributed by atoms with Gasteiger partial charge in [-0.15, -0.1) is 0 Å². The van der Waals surface area contributed by atoms with Crippen molar-refractivity contribution in [1.29, 1.82) is 0 Å². The summed E-state index contributed by atoms with van der Waals surface area (Å²) in [5.74, 6) is 2.21. The summed E-state index contributed by atoms with van der Waals surface area (Å²) in [6.45, 7) is 2.79. The van der Waals surface area contributed by atoms with Crippen LogP contribution in [0.15, 0.2) is 48.5 Å². The normalized spacial score (nSPS) is 10.1. The van der Waals surface area contributed by atoms with Gasteiger partial charge in [-0.25, -0.2) is 0 Å². The van der Waals surface area contributed by atoms with Crippen molar-refractivity contribution in [1.82, 2.24) is 0 Å². The zero-order valence-corrected chi connectivity index (χ0v) is 12.2. The number of thiocarbonyl (C=S) groups is 1. The second-order valence-corrected chi connectivity index (χ2v) is 4.72. The zero-order chi connectivity index (χ0) is 14.4. The van der Waals surface area contributed by atoms with E-state index in [-0.39, 0.29) is 0 Å². The smallest absolute Gasteiger partial charge is 0.137 e. The van der Waals surface area contributed by atoms with E-state index in [1.807, 2.05) is 48.5 Å². The van der Waals surface area contributed by atoms with Crippen molar-refractivity contribution < 1.29 is 9.47 Å². The zero-order valence-electron chi connectivity index (χ0n) is 11.3. The first-order chi connectivity index (χ1) is 9.70. The second kappa shape index (κ2) is 6.91. The van der Waals surface area contributed by atoms with Crippen molar-refractivity contribution in [3.05, 3.63) is 54.1 Å². The van der Waals surface area contributed by atoms with Gasteiger partial charge in [-0.3, -0.25) is 0 Å². The third kappa shape index (κ3) is 3.71. The maximum Gasteiger partial charge on any atom is 0.137 e. The highest BCUT2D eigenvalue weighted by Crippen LogP contribution is 2.26. The molecule has 0 aliphatic rings. The van der Waals surface area contributed by atoms with Gasteiger partial charge in [0, 0.05) is 0 Å². The number of hydrogen-bond donors (Lipinski definition) is 1. The van der Waals surface area contributed by atoms with E-state index in [0.29, 0.717) is 17.3 Å². The van der Waals surface area contributed by atoms with E-state index in [4.69, 9.17) is 27.4 Å². The number of rotatable bonds is 6. The Labute approximate surface area is 124 Å². The molecule has 0 saturated carbocycles. The molecule has 0 aliphatic heterocycles. The summed E-state index contributed by atoms with van der Waals surface area (Å²) >= 11 is 5.01. The quantitative estimate of drug-likeness (QED) is 0.818. The number of para-hydroxylation sites is 1. The lowest BCUT2D eigenvalue weighted by molar-refractivity contribution is 0.317. The fourth-order valence-corrected chi connectivity index (χ4v) is 1.88. The van der Waals surface area contributed by atoms with Crippen LogP contribution in [0.1, 0.15) is 18.9 Å². The summed E-state index contributed by atoms with van der Waals surface area (Å²) in [7, 11) is 0. The van der Waals surface area contributed by atoms with Gasteiger partial charge in [-0.1, -0.05) is 31.3 Å². The fraction of sp³-hybridized carbons (Fsp3) is 0.188. The molecule has 2 rings (SSSR count). The Morgan fingerprint density at radius 3 is 2.35 bits per heavy atom. The van der Waals surface area contributed by atoms with Crippen LogP contribution in [0.4, 0.5) is 0 Å². The fourth-order valence-electron chi connectivity index (χ4n) is 1.71. The standard InChI is InChI=1S/C16H17NO2S/c1-2-11-18-12-7-9-13(10-8-12)19-15-6-4-3-5-14(15)16(17)20/h3-10H,2,11H2,1H3,(H2,17,20). The molecule has 0 aromatic heterocycles. The third-order valence-electron chi connectivity index (χ3n) is 2.68.